The van der Waals surface area contributed by atoms with Crippen molar-refractivity contribution in [3.8, 4) is 28.3 Å². The third-order valence-electron chi connectivity index (χ3n) is 5.06. The van der Waals surface area contributed by atoms with Gasteiger partial charge >= 0.3 is 0 Å². The summed E-state index contributed by atoms with van der Waals surface area (Å²) in [5.74, 6) is -0.616. The van der Waals surface area contributed by atoms with Crippen molar-refractivity contribution in [3.63, 3.8) is 0 Å². The Labute approximate surface area is 185 Å². The number of thiazole rings is 1. The standard InChI is InChI=1S/C23H17F2N3O3S/c24-15-2-1-3-16(25)22(15)19-11-26-21(31-19)7-6-20(29)28-23-27-17(12-32-23)13-4-5-18-14(10-13)8-9-30-18/h1-5,10-12H,6-9H2,(H,27,28,29). The van der Waals surface area contributed by atoms with Crippen LogP contribution in [0.3, 0.4) is 0 Å². The fourth-order valence-electron chi connectivity index (χ4n) is 3.49. The highest BCUT2D eigenvalue weighted by Crippen LogP contribution is 2.32. The lowest BCUT2D eigenvalue weighted by atomic mass is 10.1. The lowest BCUT2D eigenvalue weighted by molar-refractivity contribution is -0.116. The maximum absolute atomic E-state index is 13.9. The molecule has 0 saturated heterocycles. The Bertz CT molecular complexity index is 1280. The SMILES string of the molecule is O=C(CCc1ncc(-c2c(F)cccc2F)o1)Nc1nc(-c2ccc3c(c2)CCO3)cs1. The Morgan fingerprint density at radius 3 is 2.88 bits per heavy atom. The molecule has 9 heteroatoms. The van der Waals surface area contributed by atoms with Gasteiger partial charge in [0.2, 0.25) is 5.91 Å². The second-order valence-corrected chi connectivity index (χ2v) is 8.08. The highest BCUT2D eigenvalue weighted by atomic mass is 32.1. The summed E-state index contributed by atoms with van der Waals surface area (Å²) in [6.07, 6.45) is 2.40. The molecule has 1 aliphatic rings. The van der Waals surface area contributed by atoms with Crippen molar-refractivity contribution < 1.29 is 22.7 Å². The first-order valence-corrected chi connectivity index (χ1v) is 10.9. The van der Waals surface area contributed by atoms with Gasteiger partial charge in [-0.1, -0.05) is 6.07 Å². The number of carbonyl (C=O) groups excluding carboxylic acids is 1. The minimum atomic E-state index is -0.735. The van der Waals surface area contributed by atoms with E-state index in [1.54, 1.807) is 0 Å². The molecule has 1 N–H and O–H groups in total. The molecule has 5 rings (SSSR count). The zero-order valence-electron chi connectivity index (χ0n) is 16.7. The molecule has 0 spiro atoms. The number of nitrogens with zero attached hydrogens (tertiary/aromatic N) is 2. The highest BCUT2D eigenvalue weighted by Gasteiger charge is 2.17. The number of aromatic nitrogens is 2. The molecule has 162 valence electrons. The van der Waals surface area contributed by atoms with Crippen LogP contribution in [0, 0.1) is 11.6 Å². The maximum Gasteiger partial charge on any atom is 0.226 e. The molecule has 1 amide bonds. The zero-order valence-corrected chi connectivity index (χ0v) is 17.5. The third kappa shape index (κ3) is 4.11. The van der Waals surface area contributed by atoms with Crippen molar-refractivity contribution >= 4 is 22.4 Å². The second kappa shape index (κ2) is 8.51. The monoisotopic (exact) mass is 453 g/mol. The van der Waals surface area contributed by atoms with E-state index < -0.39 is 11.6 Å². The van der Waals surface area contributed by atoms with Crippen molar-refractivity contribution in [1.29, 1.82) is 0 Å². The number of fused-ring (bicyclic) bond motifs is 1. The van der Waals surface area contributed by atoms with Crippen LogP contribution in [0.1, 0.15) is 17.9 Å². The van der Waals surface area contributed by atoms with Gasteiger partial charge in [-0.25, -0.2) is 18.7 Å². The lowest BCUT2D eigenvalue weighted by Crippen LogP contribution is -2.12. The summed E-state index contributed by atoms with van der Waals surface area (Å²) < 4.78 is 38.7. The molecule has 4 aromatic rings. The number of hydrogen-bond donors (Lipinski definition) is 1. The molecule has 0 unspecified atom stereocenters. The van der Waals surface area contributed by atoms with E-state index >= 15 is 0 Å². The van der Waals surface area contributed by atoms with E-state index in [0.29, 0.717) is 11.7 Å². The molecule has 0 fully saturated rings. The summed E-state index contributed by atoms with van der Waals surface area (Å²) >= 11 is 1.34. The number of benzene rings is 2. The Balaban J connectivity index is 1.20. The first-order valence-electron chi connectivity index (χ1n) is 9.97. The topological polar surface area (TPSA) is 77.3 Å². The Hall–Kier alpha value is -3.59. The van der Waals surface area contributed by atoms with E-state index in [9.17, 15) is 13.6 Å². The van der Waals surface area contributed by atoms with Crippen LogP contribution in [0.4, 0.5) is 13.9 Å². The van der Waals surface area contributed by atoms with E-state index in [-0.39, 0.29) is 36.0 Å². The van der Waals surface area contributed by atoms with E-state index in [4.69, 9.17) is 9.15 Å². The maximum atomic E-state index is 13.9. The molecular weight excluding hydrogens is 436 g/mol. The Morgan fingerprint density at radius 2 is 2.03 bits per heavy atom. The van der Waals surface area contributed by atoms with Crippen molar-refractivity contribution in [2.24, 2.45) is 0 Å². The predicted octanol–water partition coefficient (Wildman–Crippen LogP) is 5.25. The first kappa shape index (κ1) is 20.3. The second-order valence-electron chi connectivity index (χ2n) is 7.22. The number of rotatable bonds is 6. The van der Waals surface area contributed by atoms with Crippen LogP contribution in [0.2, 0.25) is 0 Å². The molecule has 0 bridgehead atoms. The summed E-state index contributed by atoms with van der Waals surface area (Å²) in [6.45, 7) is 0.693. The molecular formula is C23H17F2N3O3S. The smallest absolute Gasteiger partial charge is 0.226 e. The Morgan fingerprint density at radius 1 is 1.19 bits per heavy atom. The number of aryl methyl sites for hydroxylation is 1. The minimum absolute atomic E-state index is 0.0136. The number of anilines is 1. The van der Waals surface area contributed by atoms with Gasteiger partial charge in [-0.05, 0) is 35.9 Å². The number of halogens is 2. The van der Waals surface area contributed by atoms with Crippen LogP contribution in [-0.4, -0.2) is 22.5 Å². The highest BCUT2D eigenvalue weighted by molar-refractivity contribution is 7.14. The van der Waals surface area contributed by atoms with Crippen molar-refractivity contribution in [2.75, 3.05) is 11.9 Å². The van der Waals surface area contributed by atoms with Crippen LogP contribution in [0.15, 0.2) is 52.4 Å². The van der Waals surface area contributed by atoms with Gasteiger partial charge in [0, 0.05) is 30.2 Å². The summed E-state index contributed by atoms with van der Waals surface area (Å²) in [5.41, 5.74) is 2.63. The molecule has 1 aliphatic heterocycles. The molecule has 0 radical (unpaired) electrons. The van der Waals surface area contributed by atoms with E-state index in [1.807, 2.05) is 17.5 Å². The molecule has 0 saturated carbocycles. The van der Waals surface area contributed by atoms with Crippen molar-refractivity contribution in [2.45, 2.75) is 19.3 Å². The molecule has 0 aliphatic carbocycles. The van der Waals surface area contributed by atoms with Gasteiger partial charge in [0.25, 0.3) is 0 Å². The number of nitrogens with one attached hydrogen (secondary N) is 1. The molecule has 0 atom stereocenters. The predicted molar refractivity (Wildman–Crippen MR) is 116 cm³/mol. The van der Waals surface area contributed by atoms with E-state index in [2.05, 4.69) is 21.4 Å². The normalized spacial score (nSPS) is 12.4. The molecule has 2 aromatic carbocycles. The number of carbonyl (C=O) groups is 1. The fraction of sp³-hybridized carbons (Fsp3) is 0.174. The number of amides is 1. The molecule has 2 aromatic heterocycles. The van der Waals surface area contributed by atoms with Gasteiger partial charge in [0.15, 0.2) is 16.8 Å². The third-order valence-corrected chi connectivity index (χ3v) is 5.82. The first-order chi connectivity index (χ1) is 15.6. The summed E-state index contributed by atoms with van der Waals surface area (Å²) in [5, 5.41) is 5.14. The van der Waals surface area contributed by atoms with Gasteiger partial charge in [-0.15, -0.1) is 11.3 Å². The van der Waals surface area contributed by atoms with Gasteiger partial charge < -0.3 is 14.5 Å². The largest absolute Gasteiger partial charge is 0.493 e. The fourth-order valence-corrected chi connectivity index (χ4v) is 4.22. The van der Waals surface area contributed by atoms with Crippen LogP contribution < -0.4 is 10.1 Å². The molecule has 3 heterocycles. The Kier molecular flexibility index (Phi) is 5.40. The minimum Gasteiger partial charge on any atom is -0.493 e. The average Bonchev–Trinajstić information content (AvgIpc) is 3.52. The average molecular weight is 453 g/mol. The van der Waals surface area contributed by atoms with Gasteiger partial charge in [0.05, 0.1) is 24.1 Å². The summed E-state index contributed by atoms with van der Waals surface area (Å²) in [6, 6.07) is 9.51. The quantitative estimate of drug-likeness (QED) is 0.432. The number of hydrogen-bond acceptors (Lipinski definition) is 6. The number of ether oxygens (including phenoxy) is 1. The van der Waals surface area contributed by atoms with Crippen LogP contribution in [0.25, 0.3) is 22.6 Å². The van der Waals surface area contributed by atoms with Gasteiger partial charge in [-0.2, -0.15) is 0 Å². The van der Waals surface area contributed by atoms with Crippen LogP contribution in [-0.2, 0) is 17.6 Å². The van der Waals surface area contributed by atoms with Gasteiger partial charge in [0.1, 0.15) is 17.4 Å². The summed E-state index contributed by atoms with van der Waals surface area (Å²) in [7, 11) is 0. The van der Waals surface area contributed by atoms with Crippen molar-refractivity contribution in [1.82, 2.24) is 9.97 Å². The zero-order chi connectivity index (χ0) is 22.1. The summed E-state index contributed by atoms with van der Waals surface area (Å²) in [4.78, 5) is 20.8. The number of oxazole rings is 1. The van der Waals surface area contributed by atoms with Crippen molar-refractivity contribution in [3.05, 3.63) is 71.1 Å². The molecule has 32 heavy (non-hydrogen) atoms. The van der Waals surface area contributed by atoms with E-state index in [1.165, 1.54) is 23.6 Å². The van der Waals surface area contributed by atoms with Gasteiger partial charge in [-0.3, -0.25) is 4.79 Å². The van der Waals surface area contributed by atoms with Crippen LogP contribution in [0.5, 0.6) is 5.75 Å². The lowest BCUT2D eigenvalue weighted by Gasteiger charge is -2.02. The van der Waals surface area contributed by atoms with Crippen LogP contribution >= 0.6 is 11.3 Å². The van der Waals surface area contributed by atoms with E-state index in [0.717, 1.165) is 41.1 Å². The molecule has 6 nitrogen and oxygen atoms in total.